The molecular weight excluding hydrogens is 272 g/mol. The largest absolute Gasteiger partial charge is 0.382 e. The Labute approximate surface area is 112 Å². The normalized spacial score (nSPS) is 12.8. The summed E-state index contributed by atoms with van der Waals surface area (Å²) in [6.45, 7) is 3.41. The smallest absolute Gasteiger partial charge is 0.152 e. The van der Waals surface area contributed by atoms with Gasteiger partial charge in [-0.2, -0.15) is 5.26 Å². The number of sulfone groups is 1. The zero-order valence-corrected chi connectivity index (χ0v) is 11.8. The van der Waals surface area contributed by atoms with Crippen molar-refractivity contribution in [2.24, 2.45) is 0 Å². The first-order chi connectivity index (χ1) is 8.38. The molecule has 1 unspecified atom stereocenters. The molecule has 6 heteroatoms. The lowest BCUT2D eigenvalue weighted by Gasteiger charge is -2.15. The minimum atomic E-state index is -3.02. The molecule has 1 aromatic rings. The summed E-state index contributed by atoms with van der Waals surface area (Å²) in [5.41, 5.74) is 1.06. The van der Waals surface area contributed by atoms with Crippen LogP contribution in [0.25, 0.3) is 0 Å². The third-order valence-corrected chi connectivity index (χ3v) is 4.66. The van der Waals surface area contributed by atoms with Crippen molar-refractivity contribution < 1.29 is 8.42 Å². The summed E-state index contributed by atoms with van der Waals surface area (Å²) in [6.07, 6.45) is 0. The lowest BCUT2D eigenvalue weighted by atomic mass is 10.2. The fourth-order valence-corrected chi connectivity index (χ4v) is 2.77. The van der Waals surface area contributed by atoms with Crippen molar-refractivity contribution in [1.29, 1.82) is 5.26 Å². The molecule has 0 bridgehead atoms. The highest BCUT2D eigenvalue weighted by Gasteiger charge is 2.13. The maximum atomic E-state index is 11.5. The molecule has 0 spiro atoms. The lowest BCUT2D eigenvalue weighted by molar-refractivity contribution is 0.593. The lowest BCUT2D eigenvalue weighted by Crippen LogP contribution is -2.26. The molecule has 18 heavy (non-hydrogen) atoms. The molecule has 0 fully saturated rings. The topological polar surface area (TPSA) is 70.0 Å². The number of hydrogen-bond donors (Lipinski definition) is 1. The first kappa shape index (κ1) is 14.8. The standard InChI is InChI=1S/C12H15ClN2O2S/c1-3-18(16,17)8-9(2)15-11-4-5-12(13)10(6-11)7-14/h4-6,9,15H,3,8H2,1-2H3. The molecule has 0 aromatic heterocycles. The first-order valence-electron chi connectivity index (χ1n) is 5.54. The third-order valence-electron chi connectivity index (χ3n) is 2.44. The van der Waals surface area contributed by atoms with E-state index in [9.17, 15) is 8.42 Å². The predicted molar refractivity (Wildman–Crippen MR) is 73.6 cm³/mol. The molecule has 0 amide bonds. The highest BCUT2D eigenvalue weighted by atomic mass is 35.5. The van der Waals surface area contributed by atoms with E-state index in [1.165, 1.54) is 0 Å². The second-order valence-electron chi connectivity index (χ2n) is 4.05. The maximum Gasteiger partial charge on any atom is 0.152 e. The summed E-state index contributed by atoms with van der Waals surface area (Å²) in [5.74, 6) is 0.192. The molecule has 0 aliphatic rings. The average Bonchev–Trinajstić information content (AvgIpc) is 2.31. The van der Waals surface area contributed by atoms with Crippen molar-refractivity contribution in [3.05, 3.63) is 28.8 Å². The van der Waals surface area contributed by atoms with Crippen LogP contribution < -0.4 is 5.32 Å². The summed E-state index contributed by atoms with van der Waals surface area (Å²) < 4.78 is 22.9. The van der Waals surface area contributed by atoms with Gasteiger partial charge < -0.3 is 5.32 Å². The first-order valence-corrected chi connectivity index (χ1v) is 7.74. The molecule has 0 heterocycles. The summed E-state index contributed by atoms with van der Waals surface area (Å²) in [5, 5.41) is 12.3. The van der Waals surface area contributed by atoms with Crippen LogP contribution in [0.3, 0.4) is 0 Å². The summed E-state index contributed by atoms with van der Waals surface area (Å²) in [7, 11) is -3.02. The third kappa shape index (κ3) is 4.21. The van der Waals surface area contributed by atoms with Crippen molar-refractivity contribution in [2.45, 2.75) is 19.9 Å². The van der Waals surface area contributed by atoms with E-state index in [4.69, 9.17) is 16.9 Å². The molecule has 0 radical (unpaired) electrons. The Balaban J connectivity index is 2.77. The Bertz CT molecular complexity index is 564. The number of rotatable bonds is 5. The van der Waals surface area contributed by atoms with Crippen LogP contribution in [0.1, 0.15) is 19.4 Å². The molecule has 0 saturated heterocycles. The predicted octanol–water partition coefficient (Wildman–Crippen LogP) is 2.45. The number of nitrogens with zero attached hydrogens (tertiary/aromatic N) is 1. The van der Waals surface area contributed by atoms with Gasteiger partial charge in [-0.05, 0) is 25.1 Å². The van der Waals surface area contributed by atoms with Gasteiger partial charge in [-0.25, -0.2) is 8.42 Å². The molecule has 0 saturated carbocycles. The van der Waals surface area contributed by atoms with E-state index in [1.54, 1.807) is 32.0 Å². The number of nitrogens with one attached hydrogen (secondary N) is 1. The van der Waals surface area contributed by atoms with Crippen LogP contribution in [0.5, 0.6) is 0 Å². The van der Waals surface area contributed by atoms with Crippen molar-refractivity contribution in [3.8, 4) is 6.07 Å². The van der Waals surface area contributed by atoms with Gasteiger partial charge in [-0.15, -0.1) is 0 Å². The zero-order valence-electron chi connectivity index (χ0n) is 10.3. The highest BCUT2D eigenvalue weighted by molar-refractivity contribution is 7.91. The molecular formula is C12H15ClN2O2S. The Morgan fingerprint density at radius 2 is 2.17 bits per heavy atom. The zero-order chi connectivity index (χ0) is 13.8. The van der Waals surface area contributed by atoms with Crippen molar-refractivity contribution in [3.63, 3.8) is 0 Å². The fraction of sp³-hybridized carbons (Fsp3) is 0.417. The van der Waals surface area contributed by atoms with Gasteiger partial charge in [0.2, 0.25) is 0 Å². The van der Waals surface area contributed by atoms with E-state index >= 15 is 0 Å². The van der Waals surface area contributed by atoms with Gasteiger partial charge in [-0.3, -0.25) is 0 Å². The van der Waals surface area contributed by atoms with Gasteiger partial charge in [0, 0.05) is 17.5 Å². The second-order valence-corrected chi connectivity index (χ2v) is 6.86. The van der Waals surface area contributed by atoms with Gasteiger partial charge in [0.25, 0.3) is 0 Å². The van der Waals surface area contributed by atoms with Crippen LogP contribution in [-0.2, 0) is 9.84 Å². The molecule has 1 N–H and O–H groups in total. The molecule has 1 atom stereocenters. The van der Waals surface area contributed by atoms with E-state index < -0.39 is 9.84 Å². The van der Waals surface area contributed by atoms with Crippen molar-refractivity contribution >= 4 is 27.1 Å². The Kier molecular flexibility index (Phi) is 5.00. The molecule has 98 valence electrons. The Hall–Kier alpha value is -1.25. The molecule has 0 aliphatic carbocycles. The molecule has 1 rings (SSSR count). The van der Waals surface area contributed by atoms with Gasteiger partial charge >= 0.3 is 0 Å². The van der Waals surface area contributed by atoms with E-state index in [1.807, 2.05) is 6.07 Å². The van der Waals surface area contributed by atoms with Crippen LogP contribution in [0.15, 0.2) is 18.2 Å². The van der Waals surface area contributed by atoms with Gasteiger partial charge in [-0.1, -0.05) is 18.5 Å². The minimum Gasteiger partial charge on any atom is -0.382 e. The van der Waals surface area contributed by atoms with Crippen molar-refractivity contribution in [1.82, 2.24) is 0 Å². The van der Waals surface area contributed by atoms with Crippen LogP contribution in [0, 0.1) is 11.3 Å². The summed E-state index contributed by atoms with van der Waals surface area (Å²) in [4.78, 5) is 0. The highest BCUT2D eigenvalue weighted by Crippen LogP contribution is 2.20. The fourth-order valence-electron chi connectivity index (χ4n) is 1.53. The van der Waals surface area contributed by atoms with Gasteiger partial charge in [0.1, 0.15) is 6.07 Å². The SMILES string of the molecule is CCS(=O)(=O)CC(C)Nc1ccc(Cl)c(C#N)c1. The van der Waals surface area contributed by atoms with Gasteiger partial charge in [0.05, 0.1) is 16.3 Å². The van der Waals surface area contributed by atoms with E-state index in [0.29, 0.717) is 16.3 Å². The number of nitriles is 1. The monoisotopic (exact) mass is 286 g/mol. The van der Waals surface area contributed by atoms with E-state index in [-0.39, 0.29) is 17.5 Å². The average molecular weight is 287 g/mol. The van der Waals surface area contributed by atoms with Crippen LogP contribution in [0.4, 0.5) is 5.69 Å². The second kappa shape index (κ2) is 6.07. The molecule has 4 nitrogen and oxygen atoms in total. The Morgan fingerprint density at radius 3 is 2.72 bits per heavy atom. The summed E-state index contributed by atoms with van der Waals surface area (Å²) >= 11 is 5.82. The maximum absolute atomic E-state index is 11.5. The van der Waals surface area contributed by atoms with Gasteiger partial charge in [0.15, 0.2) is 9.84 Å². The molecule has 1 aromatic carbocycles. The Morgan fingerprint density at radius 1 is 1.50 bits per heavy atom. The van der Waals surface area contributed by atoms with E-state index in [2.05, 4.69) is 5.32 Å². The minimum absolute atomic E-state index is 0.0635. The van der Waals surface area contributed by atoms with E-state index in [0.717, 1.165) is 0 Å². The van der Waals surface area contributed by atoms with Crippen LogP contribution in [-0.4, -0.2) is 26.0 Å². The van der Waals surface area contributed by atoms with Crippen LogP contribution in [0.2, 0.25) is 5.02 Å². The number of halogens is 1. The number of benzene rings is 1. The quantitative estimate of drug-likeness (QED) is 0.902. The van der Waals surface area contributed by atoms with Crippen molar-refractivity contribution in [2.75, 3.05) is 16.8 Å². The summed E-state index contributed by atoms with van der Waals surface area (Å²) in [6, 6.07) is 6.70. The molecule has 0 aliphatic heterocycles. The number of hydrogen-bond acceptors (Lipinski definition) is 4. The number of anilines is 1. The van der Waals surface area contributed by atoms with Crippen LogP contribution >= 0.6 is 11.6 Å².